The number of aromatic nitrogens is 1. The molecule has 4 heteroatoms. The van der Waals surface area contributed by atoms with Crippen LogP contribution in [-0.4, -0.2) is 42.6 Å². The van der Waals surface area contributed by atoms with Crippen LogP contribution in [-0.2, 0) is 12.8 Å². The summed E-state index contributed by atoms with van der Waals surface area (Å²) in [7, 11) is 0. The molecule has 0 bridgehead atoms. The smallest absolute Gasteiger partial charge is 0.106 e. The molecule has 0 atom stereocenters. The van der Waals surface area contributed by atoms with E-state index < -0.39 is 0 Å². The highest BCUT2D eigenvalue weighted by molar-refractivity contribution is 6.31. The summed E-state index contributed by atoms with van der Waals surface area (Å²) in [5, 5.41) is 2.02. The lowest BCUT2D eigenvalue weighted by atomic mass is 10.1. The van der Waals surface area contributed by atoms with Crippen LogP contribution < -0.4 is 4.90 Å². The zero-order chi connectivity index (χ0) is 17.5. The van der Waals surface area contributed by atoms with E-state index in [1.165, 1.54) is 30.6 Å². The van der Waals surface area contributed by atoms with Crippen molar-refractivity contribution in [3.05, 3.63) is 64.7 Å². The van der Waals surface area contributed by atoms with Gasteiger partial charge in [0.25, 0.3) is 0 Å². The molecule has 1 fully saturated rings. The lowest BCUT2D eigenvalue weighted by Crippen LogP contribution is -2.48. The van der Waals surface area contributed by atoms with Gasteiger partial charge in [0.05, 0.1) is 0 Å². The van der Waals surface area contributed by atoms with Crippen molar-refractivity contribution < 1.29 is 0 Å². The topological polar surface area (TPSA) is 22.3 Å². The van der Waals surface area contributed by atoms with Gasteiger partial charge in [0.15, 0.2) is 0 Å². The van der Waals surface area contributed by atoms with E-state index in [9.17, 15) is 0 Å². The van der Waals surface area contributed by atoms with Gasteiger partial charge in [0, 0.05) is 48.6 Å². The minimum absolute atomic E-state index is 0.785. The molecule has 1 aliphatic heterocycles. The maximum Gasteiger partial charge on any atom is 0.106 e. The van der Waals surface area contributed by atoms with Gasteiger partial charge in [0.2, 0.25) is 0 Å². The Hall–Kier alpha value is -1.97. The molecule has 2 aromatic carbocycles. The number of hydrogen-bond donors (Lipinski definition) is 1. The Morgan fingerprint density at radius 1 is 0.923 bits per heavy atom. The Bertz CT molecular complexity index is 899. The molecule has 1 aliphatic carbocycles. The van der Waals surface area contributed by atoms with Crippen molar-refractivity contribution in [1.29, 1.82) is 0 Å². The van der Waals surface area contributed by atoms with Crippen LogP contribution in [0.15, 0.2) is 48.5 Å². The average Bonchev–Trinajstić information content (AvgIpc) is 3.25. The fourth-order valence-corrected chi connectivity index (χ4v) is 4.74. The van der Waals surface area contributed by atoms with Gasteiger partial charge >= 0.3 is 0 Å². The number of hydrogen-bond acceptors (Lipinski definition) is 2. The number of piperazine rings is 1. The minimum Gasteiger partial charge on any atom is -0.356 e. The first-order chi connectivity index (χ1) is 12.7. The van der Waals surface area contributed by atoms with E-state index in [2.05, 4.69) is 51.2 Å². The van der Waals surface area contributed by atoms with E-state index in [1.807, 2.05) is 12.1 Å². The van der Waals surface area contributed by atoms with Gasteiger partial charge < -0.3 is 9.88 Å². The highest BCUT2D eigenvalue weighted by Gasteiger charge is 2.25. The van der Waals surface area contributed by atoms with Gasteiger partial charge in [0.1, 0.15) is 5.82 Å². The van der Waals surface area contributed by atoms with Gasteiger partial charge in [-0.3, -0.25) is 4.90 Å². The molecular formula is C22H24ClN3. The largest absolute Gasteiger partial charge is 0.356 e. The predicted molar refractivity (Wildman–Crippen MR) is 109 cm³/mol. The summed E-state index contributed by atoms with van der Waals surface area (Å²) >= 11 is 6.11. The summed E-state index contributed by atoms with van der Waals surface area (Å²) in [4.78, 5) is 8.64. The Kier molecular flexibility index (Phi) is 4.14. The highest BCUT2D eigenvalue weighted by Crippen LogP contribution is 2.28. The van der Waals surface area contributed by atoms with Crippen molar-refractivity contribution >= 4 is 28.3 Å². The van der Waals surface area contributed by atoms with E-state index in [-0.39, 0.29) is 0 Å². The van der Waals surface area contributed by atoms with Gasteiger partial charge in [-0.1, -0.05) is 41.9 Å². The SMILES string of the molecule is Clc1ccc2cc(N3CCN(CC4Cc5ccccc5C4)CC3)[nH]c2c1. The molecule has 0 unspecified atom stereocenters. The van der Waals surface area contributed by atoms with Crippen molar-refractivity contribution in [2.75, 3.05) is 37.6 Å². The molecule has 0 radical (unpaired) electrons. The molecule has 0 amide bonds. The van der Waals surface area contributed by atoms with Crippen LogP contribution in [0.5, 0.6) is 0 Å². The number of fused-ring (bicyclic) bond motifs is 2. The fraction of sp³-hybridized carbons (Fsp3) is 0.364. The van der Waals surface area contributed by atoms with Gasteiger partial charge in [-0.25, -0.2) is 0 Å². The standard InChI is InChI=1S/C22H24ClN3/c23-20-6-5-19-13-22(24-21(19)14-20)26-9-7-25(8-10-26)15-16-11-17-3-1-2-4-18(17)12-16/h1-6,13-14,16,24H,7-12,15H2. The van der Waals surface area contributed by atoms with Crippen LogP contribution >= 0.6 is 11.6 Å². The third-order valence-electron chi connectivity index (χ3n) is 5.94. The normalized spacial score (nSPS) is 18.6. The Labute approximate surface area is 159 Å². The second-order valence-electron chi connectivity index (χ2n) is 7.72. The first-order valence-electron chi connectivity index (χ1n) is 9.57. The van der Waals surface area contributed by atoms with Gasteiger partial charge in [-0.2, -0.15) is 0 Å². The number of nitrogens with zero attached hydrogens (tertiary/aromatic N) is 2. The first-order valence-corrected chi connectivity index (χ1v) is 9.95. The highest BCUT2D eigenvalue weighted by atomic mass is 35.5. The van der Waals surface area contributed by atoms with Crippen LogP contribution in [0.25, 0.3) is 10.9 Å². The van der Waals surface area contributed by atoms with Gasteiger partial charge in [-0.15, -0.1) is 0 Å². The number of benzene rings is 2. The maximum absolute atomic E-state index is 6.11. The quantitative estimate of drug-likeness (QED) is 0.745. The van der Waals surface area contributed by atoms with Crippen LogP contribution in [0.3, 0.4) is 0 Å². The van der Waals surface area contributed by atoms with Crippen molar-refractivity contribution in [2.24, 2.45) is 5.92 Å². The van der Waals surface area contributed by atoms with E-state index in [0.29, 0.717) is 0 Å². The summed E-state index contributed by atoms with van der Waals surface area (Å²) in [5.41, 5.74) is 4.25. The Morgan fingerprint density at radius 3 is 2.38 bits per heavy atom. The summed E-state index contributed by atoms with van der Waals surface area (Å²) in [6.45, 7) is 5.68. The maximum atomic E-state index is 6.11. The van der Waals surface area contributed by atoms with Crippen LogP contribution in [0.2, 0.25) is 5.02 Å². The number of H-pyrrole nitrogens is 1. The van der Waals surface area contributed by atoms with Crippen molar-refractivity contribution in [2.45, 2.75) is 12.8 Å². The zero-order valence-corrected chi connectivity index (χ0v) is 15.7. The fourth-order valence-electron chi connectivity index (χ4n) is 4.57. The van der Waals surface area contributed by atoms with Crippen LogP contribution in [0, 0.1) is 5.92 Å². The monoisotopic (exact) mass is 365 g/mol. The Morgan fingerprint density at radius 2 is 1.65 bits per heavy atom. The molecule has 0 saturated carbocycles. The van der Waals surface area contributed by atoms with Crippen molar-refractivity contribution in [3.8, 4) is 0 Å². The third-order valence-corrected chi connectivity index (χ3v) is 6.17. The molecule has 2 aliphatic rings. The average molecular weight is 366 g/mol. The minimum atomic E-state index is 0.785. The molecule has 26 heavy (non-hydrogen) atoms. The van der Waals surface area contributed by atoms with Crippen molar-refractivity contribution in [3.63, 3.8) is 0 Å². The van der Waals surface area contributed by atoms with Crippen LogP contribution in [0.1, 0.15) is 11.1 Å². The number of halogens is 1. The lowest BCUT2D eigenvalue weighted by Gasteiger charge is -2.36. The molecule has 0 spiro atoms. The van der Waals surface area contributed by atoms with E-state index >= 15 is 0 Å². The van der Waals surface area contributed by atoms with Crippen molar-refractivity contribution in [1.82, 2.24) is 9.88 Å². The number of nitrogens with one attached hydrogen (secondary N) is 1. The number of aromatic amines is 1. The zero-order valence-electron chi connectivity index (χ0n) is 14.9. The van der Waals surface area contributed by atoms with E-state index in [4.69, 9.17) is 11.6 Å². The second-order valence-corrected chi connectivity index (χ2v) is 8.15. The molecule has 5 rings (SSSR count). The van der Waals surface area contributed by atoms with E-state index in [1.54, 1.807) is 11.1 Å². The lowest BCUT2D eigenvalue weighted by molar-refractivity contribution is 0.221. The third kappa shape index (κ3) is 3.10. The van der Waals surface area contributed by atoms with E-state index in [0.717, 1.165) is 42.6 Å². The predicted octanol–water partition coefficient (Wildman–Crippen LogP) is 4.36. The molecule has 1 saturated heterocycles. The molecule has 2 heterocycles. The number of anilines is 1. The second kappa shape index (κ2) is 6.64. The summed E-state index contributed by atoms with van der Waals surface area (Å²) in [6, 6.07) is 17.2. The Balaban J connectivity index is 1.20. The summed E-state index contributed by atoms with van der Waals surface area (Å²) in [6.07, 6.45) is 2.50. The molecule has 1 aromatic heterocycles. The molecule has 3 nitrogen and oxygen atoms in total. The molecule has 3 aromatic rings. The molecule has 134 valence electrons. The molecule has 1 N–H and O–H groups in total. The summed E-state index contributed by atoms with van der Waals surface area (Å²) < 4.78 is 0. The summed E-state index contributed by atoms with van der Waals surface area (Å²) in [5.74, 6) is 2.00. The molecular weight excluding hydrogens is 342 g/mol. The first kappa shape index (κ1) is 16.2. The van der Waals surface area contributed by atoms with Gasteiger partial charge in [-0.05, 0) is 48.1 Å². The number of rotatable bonds is 3. The van der Waals surface area contributed by atoms with Crippen LogP contribution in [0.4, 0.5) is 5.82 Å².